The molecule has 0 radical (unpaired) electrons. The maximum atomic E-state index is 13.9. The van der Waals surface area contributed by atoms with Crippen LogP contribution in [-0.4, -0.2) is 50.1 Å². The van der Waals surface area contributed by atoms with Crippen LogP contribution in [0.5, 0.6) is 0 Å². The van der Waals surface area contributed by atoms with Crippen molar-refractivity contribution >= 4 is 29.0 Å². The number of fused-ring (bicyclic) bond motifs is 2. The molecule has 1 amide bonds. The Bertz CT molecular complexity index is 1050. The Hall–Kier alpha value is -2.81. The smallest absolute Gasteiger partial charge is 0.252 e. The molecule has 3 aromatic rings. The zero-order chi connectivity index (χ0) is 19.3. The summed E-state index contributed by atoms with van der Waals surface area (Å²) in [5, 5.41) is 7.06. The van der Waals surface area contributed by atoms with E-state index in [0.29, 0.717) is 35.5 Å². The van der Waals surface area contributed by atoms with Gasteiger partial charge in [-0.1, -0.05) is 0 Å². The first kappa shape index (κ1) is 17.3. The van der Waals surface area contributed by atoms with E-state index in [4.69, 9.17) is 11.6 Å². The molecule has 1 saturated carbocycles. The monoisotopic (exact) mass is 401 g/mol. The summed E-state index contributed by atoms with van der Waals surface area (Å²) < 4.78 is 15.5. The fourth-order valence-corrected chi connectivity index (χ4v) is 4.34. The van der Waals surface area contributed by atoms with Crippen LogP contribution in [0.15, 0.2) is 30.9 Å². The van der Waals surface area contributed by atoms with Crippen molar-refractivity contribution in [3.8, 4) is 0 Å². The second-order valence-electron chi connectivity index (χ2n) is 7.23. The molecule has 10 heteroatoms. The summed E-state index contributed by atoms with van der Waals surface area (Å²) in [6.45, 7) is 2.13. The molecule has 2 aliphatic rings. The van der Waals surface area contributed by atoms with Gasteiger partial charge in [-0.25, -0.2) is 18.9 Å². The normalized spacial score (nSPS) is 23.1. The molecule has 1 saturated heterocycles. The molecule has 2 atom stereocenters. The number of rotatable bonds is 5. The van der Waals surface area contributed by atoms with Crippen molar-refractivity contribution in [1.29, 1.82) is 0 Å². The van der Waals surface area contributed by atoms with Crippen LogP contribution in [0.25, 0.3) is 5.65 Å². The van der Waals surface area contributed by atoms with Crippen molar-refractivity contribution in [2.24, 2.45) is 17.8 Å². The predicted octanol–water partition coefficient (Wildman–Crippen LogP) is 1.81. The lowest BCUT2D eigenvalue weighted by atomic mass is 10.2. The van der Waals surface area contributed by atoms with Gasteiger partial charge in [-0.2, -0.15) is 10.1 Å². The van der Waals surface area contributed by atoms with Crippen LogP contribution in [0.3, 0.4) is 0 Å². The number of piperidine rings is 1. The van der Waals surface area contributed by atoms with Gasteiger partial charge < -0.3 is 10.2 Å². The van der Waals surface area contributed by atoms with Crippen molar-refractivity contribution in [3.05, 3.63) is 47.5 Å². The first-order valence-corrected chi connectivity index (χ1v) is 9.48. The molecule has 28 heavy (non-hydrogen) atoms. The lowest BCUT2D eigenvalue weighted by molar-refractivity contribution is 0.0951. The summed E-state index contributed by atoms with van der Waals surface area (Å²) >= 11 is 5.78. The van der Waals surface area contributed by atoms with E-state index < -0.39 is 5.82 Å². The first-order chi connectivity index (χ1) is 13.6. The van der Waals surface area contributed by atoms with Crippen molar-refractivity contribution in [2.45, 2.75) is 6.42 Å². The second kappa shape index (κ2) is 6.66. The number of halogens is 2. The highest BCUT2D eigenvalue weighted by Gasteiger charge is 2.55. The number of nitrogens with zero attached hydrogens (tertiary/aromatic N) is 6. The van der Waals surface area contributed by atoms with Crippen molar-refractivity contribution in [2.75, 3.05) is 24.5 Å². The molecule has 2 fully saturated rings. The van der Waals surface area contributed by atoms with Gasteiger partial charge in [0.05, 0.1) is 11.8 Å². The third kappa shape index (κ3) is 3.05. The van der Waals surface area contributed by atoms with E-state index in [9.17, 15) is 9.18 Å². The van der Waals surface area contributed by atoms with Gasteiger partial charge >= 0.3 is 0 Å². The van der Waals surface area contributed by atoms with Crippen LogP contribution in [0, 0.1) is 23.6 Å². The number of carbonyl (C=O) groups excluding carboxylic acids is 1. The van der Waals surface area contributed by atoms with Crippen LogP contribution >= 0.6 is 11.6 Å². The van der Waals surface area contributed by atoms with E-state index in [1.54, 1.807) is 22.8 Å². The highest BCUT2D eigenvalue weighted by atomic mass is 35.5. The van der Waals surface area contributed by atoms with Crippen LogP contribution in [0.2, 0.25) is 5.28 Å². The summed E-state index contributed by atoms with van der Waals surface area (Å²) in [5.74, 6) is 1.28. The molecular weight excluding hydrogens is 385 g/mol. The SMILES string of the molecule is O=C(NCCC1C2CN(c3nc(Cl)ncc3F)CC12)c1ccc2ncnn2c1. The molecule has 0 bridgehead atoms. The minimum absolute atomic E-state index is 0.0558. The van der Waals surface area contributed by atoms with Crippen molar-refractivity contribution in [3.63, 3.8) is 0 Å². The number of aromatic nitrogens is 5. The fourth-order valence-electron chi connectivity index (χ4n) is 4.22. The molecule has 8 nitrogen and oxygen atoms in total. The zero-order valence-electron chi connectivity index (χ0n) is 14.8. The van der Waals surface area contributed by atoms with E-state index in [2.05, 4.69) is 25.4 Å². The number of anilines is 1. The van der Waals surface area contributed by atoms with Gasteiger partial charge in [0.2, 0.25) is 5.28 Å². The maximum Gasteiger partial charge on any atom is 0.252 e. The largest absolute Gasteiger partial charge is 0.353 e. The Morgan fingerprint density at radius 3 is 2.93 bits per heavy atom. The van der Waals surface area contributed by atoms with E-state index in [-0.39, 0.29) is 17.0 Å². The molecule has 1 aliphatic heterocycles. The van der Waals surface area contributed by atoms with Gasteiger partial charge in [-0.3, -0.25) is 4.79 Å². The molecule has 1 N–H and O–H groups in total. The Labute approximate surface area is 164 Å². The number of pyridine rings is 1. The Morgan fingerprint density at radius 1 is 1.29 bits per heavy atom. The average molecular weight is 402 g/mol. The molecule has 2 unspecified atom stereocenters. The second-order valence-corrected chi connectivity index (χ2v) is 7.57. The average Bonchev–Trinajstić information content (AvgIpc) is 3.08. The molecule has 0 spiro atoms. The van der Waals surface area contributed by atoms with Gasteiger partial charge in [0.15, 0.2) is 17.3 Å². The molecule has 144 valence electrons. The van der Waals surface area contributed by atoms with Gasteiger partial charge in [0.25, 0.3) is 5.91 Å². The van der Waals surface area contributed by atoms with E-state index >= 15 is 0 Å². The highest BCUT2D eigenvalue weighted by Crippen LogP contribution is 2.54. The number of hydrogen-bond donors (Lipinski definition) is 1. The number of carbonyl (C=O) groups is 1. The fraction of sp³-hybridized carbons (Fsp3) is 0.389. The summed E-state index contributed by atoms with van der Waals surface area (Å²) in [7, 11) is 0. The molecule has 1 aliphatic carbocycles. The highest BCUT2D eigenvalue weighted by molar-refractivity contribution is 6.28. The predicted molar refractivity (Wildman–Crippen MR) is 99.6 cm³/mol. The summed E-state index contributed by atoms with van der Waals surface area (Å²) in [6, 6.07) is 3.50. The van der Waals surface area contributed by atoms with Gasteiger partial charge in [0.1, 0.15) is 6.33 Å². The Morgan fingerprint density at radius 2 is 2.11 bits per heavy atom. The summed E-state index contributed by atoms with van der Waals surface area (Å²) in [6.07, 6.45) is 5.14. The van der Waals surface area contributed by atoms with Crippen molar-refractivity contribution < 1.29 is 9.18 Å². The summed E-state index contributed by atoms with van der Waals surface area (Å²) in [5.41, 5.74) is 1.25. The Kier molecular flexibility index (Phi) is 4.12. The minimum Gasteiger partial charge on any atom is -0.353 e. The van der Waals surface area contributed by atoms with E-state index in [1.165, 1.54) is 6.33 Å². The number of amides is 1. The number of nitrogens with one attached hydrogen (secondary N) is 1. The maximum absolute atomic E-state index is 13.9. The van der Waals surface area contributed by atoms with Crippen LogP contribution in [0.4, 0.5) is 10.2 Å². The lowest BCUT2D eigenvalue weighted by Gasteiger charge is -2.21. The lowest BCUT2D eigenvalue weighted by Crippen LogP contribution is -2.28. The quantitative estimate of drug-likeness (QED) is 0.656. The number of hydrogen-bond acceptors (Lipinski definition) is 6. The van der Waals surface area contributed by atoms with Crippen LogP contribution in [-0.2, 0) is 0 Å². The van der Waals surface area contributed by atoms with Crippen LogP contribution < -0.4 is 10.2 Å². The Balaban J connectivity index is 1.12. The van der Waals surface area contributed by atoms with Gasteiger partial charge in [0, 0.05) is 25.8 Å². The molecular formula is C18H17ClFN7O. The van der Waals surface area contributed by atoms with Crippen molar-refractivity contribution in [1.82, 2.24) is 29.9 Å². The first-order valence-electron chi connectivity index (χ1n) is 9.11. The van der Waals surface area contributed by atoms with Crippen LogP contribution in [0.1, 0.15) is 16.8 Å². The summed E-state index contributed by atoms with van der Waals surface area (Å²) in [4.78, 5) is 26.0. The molecule has 5 rings (SSSR count). The third-order valence-electron chi connectivity index (χ3n) is 5.67. The van der Waals surface area contributed by atoms with Gasteiger partial charge in [-0.15, -0.1) is 0 Å². The third-order valence-corrected chi connectivity index (χ3v) is 5.85. The van der Waals surface area contributed by atoms with E-state index in [1.807, 2.05) is 4.90 Å². The molecule has 3 aromatic heterocycles. The molecule has 0 aromatic carbocycles. The molecule has 4 heterocycles. The van der Waals surface area contributed by atoms with Gasteiger partial charge in [-0.05, 0) is 47.9 Å². The standard InChI is InChI=1S/C18H17ClFN7O/c19-18-22-5-14(20)16(25-18)26-7-12-11(13(12)8-26)3-4-21-17(28)10-1-2-15-23-9-24-27(15)6-10/h1-2,5-6,9,11-13H,3-4,7-8H2,(H,21,28). The minimum atomic E-state index is -0.445. The zero-order valence-corrected chi connectivity index (χ0v) is 15.6. The topological polar surface area (TPSA) is 88.3 Å². The van der Waals surface area contributed by atoms with E-state index in [0.717, 1.165) is 25.7 Å².